The molecular weight excluding hydrogens is 264 g/mol. The van der Waals surface area contributed by atoms with Crippen molar-refractivity contribution < 1.29 is 9.53 Å². The van der Waals surface area contributed by atoms with E-state index in [1.807, 2.05) is 6.92 Å². The highest BCUT2D eigenvalue weighted by molar-refractivity contribution is 5.80. The van der Waals surface area contributed by atoms with Crippen molar-refractivity contribution in [3.63, 3.8) is 0 Å². The fourth-order valence-electron chi connectivity index (χ4n) is 4.46. The quantitative estimate of drug-likeness (QED) is 0.763. The van der Waals surface area contributed by atoms with Gasteiger partial charge in [-0.25, -0.2) is 0 Å². The molecule has 0 aromatic heterocycles. The van der Waals surface area contributed by atoms with Crippen molar-refractivity contribution in [1.82, 2.24) is 10.2 Å². The zero-order valence-corrected chi connectivity index (χ0v) is 13.7. The molecule has 4 atom stereocenters. The largest absolute Gasteiger partial charge is 0.468 e. The number of carbonyl (C=O) groups is 1. The molecule has 1 heterocycles. The van der Waals surface area contributed by atoms with E-state index in [4.69, 9.17) is 4.74 Å². The number of esters is 1. The minimum Gasteiger partial charge on any atom is -0.468 e. The summed E-state index contributed by atoms with van der Waals surface area (Å²) in [4.78, 5) is 14.8. The Balaban J connectivity index is 1.60. The molecule has 0 bridgehead atoms. The van der Waals surface area contributed by atoms with Crippen LogP contribution in [-0.2, 0) is 9.53 Å². The van der Waals surface area contributed by atoms with E-state index in [-0.39, 0.29) is 5.97 Å². The molecule has 0 aromatic rings. The third kappa shape index (κ3) is 3.26. The second-order valence-corrected chi connectivity index (χ2v) is 7.70. The summed E-state index contributed by atoms with van der Waals surface area (Å²) in [7, 11) is 1.50. The molecule has 1 aliphatic heterocycles. The van der Waals surface area contributed by atoms with Gasteiger partial charge < -0.3 is 9.64 Å². The molecule has 3 aliphatic rings. The Kier molecular flexibility index (Phi) is 4.28. The fraction of sp³-hybridized carbons (Fsp3) is 0.941. The zero-order chi connectivity index (χ0) is 15.0. The number of fused-ring (bicyclic) bond motifs is 1. The van der Waals surface area contributed by atoms with Gasteiger partial charge in [-0.05, 0) is 57.8 Å². The summed E-state index contributed by atoms with van der Waals surface area (Å²) in [5, 5.41) is 3.52. The van der Waals surface area contributed by atoms with Gasteiger partial charge in [-0.3, -0.25) is 10.1 Å². The number of hydrogen-bond acceptors (Lipinski definition) is 4. The van der Waals surface area contributed by atoms with Gasteiger partial charge >= 0.3 is 5.97 Å². The van der Waals surface area contributed by atoms with E-state index in [2.05, 4.69) is 17.1 Å². The van der Waals surface area contributed by atoms with E-state index < -0.39 is 5.54 Å². The summed E-state index contributed by atoms with van der Waals surface area (Å²) in [6.45, 7) is 6.75. The highest BCUT2D eigenvalue weighted by Crippen LogP contribution is 2.39. The van der Waals surface area contributed by atoms with Crippen LogP contribution in [0.1, 0.15) is 52.4 Å². The number of hydrogen-bond donors (Lipinski definition) is 1. The average molecular weight is 294 g/mol. The molecule has 0 spiro atoms. The summed E-state index contributed by atoms with van der Waals surface area (Å²) < 4.78 is 5.06. The first-order valence-electron chi connectivity index (χ1n) is 8.62. The predicted molar refractivity (Wildman–Crippen MR) is 83.1 cm³/mol. The second kappa shape index (κ2) is 5.88. The van der Waals surface area contributed by atoms with Crippen LogP contribution < -0.4 is 5.32 Å². The molecule has 2 saturated carbocycles. The van der Waals surface area contributed by atoms with Crippen molar-refractivity contribution in [3.8, 4) is 0 Å². The van der Waals surface area contributed by atoms with Gasteiger partial charge in [0.15, 0.2) is 0 Å². The Hall–Kier alpha value is -0.610. The maximum atomic E-state index is 12.2. The molecule has 4 heteroatoms. The maximum Gasteiger partial charge on any atom is 0.325 e. The van der Waals surface area contributed by atoms with Crippen molar-refractivity contribution >= 4 is 5.97 Å². The third-order valence-electron chi connectivity index (χ3n) is 5.82. The van der Waals surface area contributed by atoms with E-state index in [9.17, 15) is 4.79 Å². The SMILES string of the molecule is COC(=O)C(C)(CC(C)N1CC2CCCC2C1)NC1CC1. The standard InChI is InChI=1S/C17H30N2O2/c1-12(19-10-13-5-4-6-14(13)11-19)9-17(2,16(20)21-3)18-15-7-8-15/h12-15,18H,4-11H2,1-3H3. The van der Waals surface area contributed by atoms with Gasteiger partial charge in [0, 0.05) is 25.2 Å². The van der Waals surface area contributed by atoms with Crippen LogP contribution in [-0.4, -0.2) is 48.7 Å². The van der Waals surface area contributed by atoms with E-state index in [0.717, 1.165) is 18.3 Å². The first-order valence-corrected chi connectivity index (χ1v) is 8.62. The number of likely N-dealkylation sites (tertiary alicyclic amines) is 1. The highest BCUT2D eigenvalue weighted by Gasteiger charge is 2.43. The first kappa shape index (κ1) is 15.3. The summed E-state index contributed by atoms with van der Waals surface area (Å²) in [5.41, 5.74) is -0.535. The zero-order valence-electron chi connectivity index (χ0n) is 13.7. The lowest BCUT2D eigenvalue weighted by Crippen LogP contribution is -2.54. The maximum absolute atomic E-state index is 12.2. The number of ether oxygens (including phenoxy) is 1. The number of nitrogens with zero attached hydrogens (tertiary/aromatic N) is 1. The van der Waals surface area contributed by atoms with E-state index >= 15 is 0 Å². The van der Waals surface area contributed by atoms with Gasteiger partial charge in [0.05, 0.1) is 7.11 Å². The van der Waals surface area contributed by atoms with E-state index in [1.54, 1.807) is 0 Å². The van der Waals surface area contributed by atoms with Gasteiger partial charge in [0.2, 0.25) is 0 Å². The summed E-state index contributed by atoms with van der Waals surface area (Å²) >= 11 is 0. The molecule has 2 aliphatic carbocycles. The van der Waals surface area contributed by atoms with E-state index in [0.29, 0.717) is 12.1 Å². The average Bonchev–Trinajstić information content (AvgIpc) is 2.99. The lowest BCUT2D eigenvalue weighted by Gasteiger charge is -2.34. The Morgan fingerprint density at radius 2 is 1.90 bits per heavy atom. The molecule has 21 heavy (non-hydrogen) atoms. The summed E-state index contributed by atoms with van der Waals surface area (Å²) in [6, 6.07) is 0.949. The Morgan fingerprint density at radius 1 is 1.29 bits per heavy atom. The van der Waals surface area contributed by atoms with Gasteiger partial charge in [-0.2, -0.15) is 0 Å². The monoisotopic (exact) mass is 294 g/mol. The van der Waals surface area contributed by atoms with Crippen molar-refractivity contribution in [2.24, 2.45) is 11.8 Å². The first-order chi connectivity index (χ1) is 10.0. The molecule has 3 fully saturated rings. The van der Waals surface area contributed by atoms with Gasteiger partial charge in [-0.15, -0.1) is 0 Å². The fourth-order valence-corrected chi connectivity index (χ4v) is 4.46. The van der Waals surface area contributed by atoms with Crippen LogP contribution >= 0.6 is 0 Å². The Morgan fingerprint density at radius 3 is 2.43 bits per heavy atom. The van der Waals surface area contributed by atoms with Gasteiger partial charge in [0.1, 0.15) is 5.54 Å². The van der Waals surface area contributed by atoms with Crippen LogP contribution in [0.2, 0.25) is 0 Å². The van der Waals surface area contributed by atoms with Crippen LogP contribution in [0.3, 0.4) is 0 Å². The lowest BCUT2D eigenvalue weighted by molar-refractivity contribution is -0.149. The van der Waals surface area contributed by atoms with Crippen molar-refractivity contribution in [3.05, 3.63) is 0 Å². The number of methoxy groups -OCH3 is 1. The number of nitrogens with one attached hydrogen (secondary N) is 1. The third-order valence-corrected chi connectivity index (χ3v) is 5.82. The molecule has 0 radical (unpaired) electrons. The van der Waals surface area contributed by atoms with E-state index in [1.165, 1.54) is 52.3 Å². The smallest absolute Gasteiger partial charge is 0.325 e. The normalized spacial score (nSPS) is 33.5. The van der Waals surface area contributed by atoms with Crippen LogP contribution in [0.15, 0.2) is 0 Å². The molecule has 4 unspecified atom stereocenters. The summed E-state index contributed by atoms with van der Waals surface area (Å²) in [5.74, 6) is 1.71. The van der Waals surface area contributed by atoms with Crippen LogP contribution in [0.25, 0.3) is 0 Å². The highest BCUT2D eigenvalue weighted by atomic mass is 16.5. The topological polar surface area (TPSA) is 41.6 Å². The molecule has 1 N–H and O–H groups in total. The van der Waals surface area contributed by atoms with Crippen LogP contribution in [0.4, 0.5) is 0 Å². The van der Waals surface area contributed by atoms with Crippen LogP contribution in [0.5, 0.6) is 0 Å². The molecule has 4 nitrogen and oxygen atoms in total. The van der Waals surface area contributed by atoms with Crippen LogP contribution in [0, 0.1) is 11.8 Å². The van der Waals surface area contributed by atoms with Crippen molar-refractivity contribution in [1.29, 1.82) is 0 Å². The van der Waals surface area contributed by atoms with Crippen molar-refractivity contribution in [2.45, 2.75) is 70.0 Å². The molecule has 120 valence electrons. The van der Waals surface area contributed by atoms with Crippen molar-refractivity contribution in [2.75, 3.05) is 20.2 Å². The summed E-state index contributed by atoms with van der Waals surface area (Å²) in [6.07, 6.45) is 7.45. The van der Waals surface area contributed by atoms with Gasteiger partial charge in [-0.1, -0.05) is 6.42 Å². The second-order valence-electron chi connectivity index (χ2n) is 7.70. The Bertz CT molecular complexity index is 384. The molecule has 0 amide bonds. The Labute approximate surface area is 128 Å². The minimum atomic E-state index is -0.535. The molecule has 3 rings (SSSR count). The predicted octanol–water partition coefficient (Wildman–Crippen LogP) is 2.18. The minimum absolute atomic E-state index is 0.111. The number of rotatable bonds is 6. The van der Waals surface area contributed by atoms with Gasteiger partial charge in [0.25, 0.3) is 0 Å². The molecular formula is C17H30N2O2. The lowest BCUT2D eigenvalue weighted by atomic mass is 9.92. The molecule has 0 aromatic carbocycles. The molecule has 1 saturated heterocycles. The number of carbonyl (C=O) groups excluding carboxylic acids is 1.